The highest BCUT2D eigenvalue weighted by Gasteiger charge is 2.14. The molecule has 2 aromatic heterocycles. The molecule has 0 radical (unpaired) electrons. The number of amides is 1. The van der Waals surface area contributed by atoms with Crippen molar-refractivity contribution in [3.05, 3.63) is 53.9 Å². The topological polar surface area (TPSA) is 86.3 Å². The third-order valence-electron chi connectivity index (χ3n) is 3.60. The van der Waals surface area contributed by atoms with Crippen LogP contribution in [0.4, 0.5) is 0 Å². The monoisotopic (exact) mass is 376 g/mol. The van der Waals surface area contributed by atoms with Gasteiger partial charge in [-0.1, -0.05) is 17.4 Å². The maximum absolute atomic E-state index is 12.4. The SMILES string of the molecule is C=CCn1c(=NC(=O)c2nccn2C)sc2cc(S(C)(=O)=O)ccc21. The van der Waals surface area contributed by atoms with Gasteiger partial charge in [0.15, 0.2) is 14.6 Å². The second-order valence-corrected chi connectivity index (χ2v) is 8.49. The number of carbonyl (C=O) groups excluding carboxylic acids is 1. The number of carbonyl (C=O) groups is 1. The first-order valence-electron chi connectivity index (χ1n) is 7.32. The fraction of sp³-hybridized carbons (Fsp3) is 0.188. The summed E-state index contributed by atoms with van der Waals surface area (Å²) in [6, 6.07) is 4.86. The molecule has 0 aliphatic carbocycles. The van der Waals surface area contributed by atoms with E-state index in [9.17, 15) is 13.2 Å². The number of allylic oxidation sites excluding steroid dienone is 1. The van der Waals surface area contributed by atoms with E-state index in [0.717, 1.165) is 16.5 Å². The van der Waals surface area contributed by atoms with Crippen molar-refractivity contribution in [2.24, 2.45) is 12.0 Å². The minimum Gasteiger partial charge on any atom is -0.330 e. The molecule has 0 fully saturated rings. The van der Waals surface area contributed by atoms with Gasteiger partial charge < -0.3 is 9.13 Å². The quantitative estimate of drug-likeness (QED) is 0.650. The molecule has 0 spiro atoms. The summed E-state index contributed by atoms with van der Waals surface area (Å²) in [5.74, 6) is -0.223. The van der Waals surface area contributed by atoms with Crippen LogP contribution in [0.3, 0.4) is 0 Å². The van der Waals surface area contributed by atoms with E-state index in [1.807, 2.05) is 4.57 Å². The number of rotatable bonds is 4. The molecule has 3 rings (SSSR count). The molecule has 9 heteroatoms. The standard InChI is InChI=1S/C16H16N4O3S2/c1-4-8-20-12-6-5-11(25(3,22)23)10-13(12)24-16(20)18-15(21)14-17-7-9-19(14)2/h4-7,9-10H,1,8H2,2-3H3. The van der Waals surface area contributed by atoms with Gasteiger partial charge in [-0.25, -0.2) is 13.4 Å². The Morgan fingerprint density at radius 2 is 2.20 bits per heavy atom. The molecule has 0 aliphatic heterocycles. The van der Waals surface area contributed by atoms with Crippen molar-refractivity contribution in [1.82, 2.24) is 14.1 Å². The van der Waals surface area contributed by atoms with Gasteiger partial charge in [-0.3, -0.25) is 4.79 Å². The lowest BCUT2D eigenvalue weighted by Gasteiger charge is -2.02. The van der Waals surface area contributed by atoms with Gasteiger partial charge in [0.1, 0.15) is 0 Å². The van der Waals surface area contributed by atoms with Crippen molar-refractivity contribution in [2.45, 2.75) is 11.4 Å². The Hall–Kier alpha value is -2.52. The lowest BCUT2D eigenvalue weighted by atomic mass is 10.3. The summed E-state index contributed by atoms with van der Waals surface area (Å²) in [7, 11) is -1.59. The molecule has 0 unspecified atom stereocenters. The van der Waals surface area contributed by atoms with E-state index in [0.29, 0.717) is 11.3 Å². The van der Waals surface area contributed by atoms with Crippen molar-refractivity contribution in [2.75, 3.05) is 6.26 Å². The fourth-order valence-corrected chi connectivity index (χ4v) is 4.18. The zero-order chi connectivity index (χ0) is 18.2. The van der Waals surface area contributed by atoms with E-state index in [2.05, 4.69) is 16.6 Å². The summed E-state index contributed by atoms with van der Waals surface area (Å²) in [6.07, 6.45) is 6.06. The summed E-state index contributed by atoms with van der Waals surface area (Å²) in [5, 5.41) is 0. The lowest BCUT2D eigenvalue weighted by Crippen LogP contribution is -2.17. The summed E-state index contributed by atoms with van der Waals surface area (Å²) >= 11 is 1.25. The Morgan fingerprint density at radius 1 is 1.44 bits per heavy atom. The Labute approximate surface area is 148 Å². The van der Waals surface area contributed by atoms with Gasteiger partial charge in [-0.15, -0.1) is 6.58 Å². The average Bonchev–Trinajstić information content (AvgIpc) is 3.10. The molecule has 0 N–H and O–H groups in total. The van der Waals surface area contributed by atoms with Crippen LogP contribution in [0.25, 0.3) is 10.2 Å². The Balaban J connectivity index is 2.21. The number of sulfone groups is 1. The molecule has 2 heterocycles. The Bertz CT molecular complexity index is 1150. The van der Waals surface area contributed by atoms with Gasteiger partial charge in [0.2, 0.25) is 5.82 Å². The maximum Gasteiger partial charge on any atom is 0.315 e. The second kappa shape index (κ2) is 6.41. The first-order chi connectivity index (χ1) is 11.8. The highest BCUT2D eigenvalue weighted by Crippen LogP contribution is 2.22. The number of benzene rings is 1. The molecule has 1 aromatic carbocycles. The Kier molecular flexibility index (Phi) is 4.44. The number of thiazole rings is 1. The summed E-state index contributed by atoms with van der Waals surface area (Å²) in [4.78, 5) is 21.2. The Morgan fingerprint density at radius 3 is 2.80 bits per heavy atom. The summed E-state index contributed by atoms with van der Waals surface area (Å²) in [6.45, 7) is 4.18. The number of hydrogen-bond acceptors (Lipinski definition) is 5. The van der Waals surface area contributed by atoms with Crippen molar-refractivity contribution in [3.63, 3.8) is 0 Å². The predicted octanol–water partition coefficient (Wildman–Crippen LogP) is 1.77. The molecule has 0 atom stereocenters. The molecule has 25 heavy (non-hydrogen) atoms. The average molecular weight is 376 g/mol. The highest BCUT2D eigenvalue weighted by molar-refractivity contribution is 7.90. The van der Waals surface area contributed by atoms with Crippen LogP contribution in [0.15, 0.2) is 53.1 Å². The normalized spacial score (nSPS) is 12.6. The summed E-state index contributed by atoms with van der Waals surface area (Å²) < 4.78 is 27.7. The van der Waals surface area contributed by atoms with Crippen LogP contribution in [-0.4, -0.2) is 34.7 Å². The van der Waals surface area contributed by atoms with E-state index < -0.39 is 15.7 Å². The third-order valence-corrected chi connectivity index (χ3v) is 5.76. The van der Waals surface area contributed by atoms with Crippen molar-refractivity contribution < 1.29 is 13.2 Å². The third kappa shape index (κ3) is 3.33. The predicted molar refractivity (Wildman–Crippen MR) is 96.2 cm³/mol. The number of hydrogen-bond donors (Lipinski definition) is 0. The molecule has 130 valence electrons. The molecule has 0 aliphatic rings. The van der Waals surface area contributed by atoms with Gasteiger partial charge in [0.05, 0.1) is 15.1 Å². The van der Waals surface area contributed by atoms with Crippen molar-refractivity contribution >= 4 is 37.3 Å². The van der Waals surface area contributed by atoms with Gasteiger partial charge in [-0.2, -0.15) is 4.99 Å². The molecule has 1 amide bonds. The minimum absolute atomic E-state index is 0.231. The van der Waals surface area contributed by atoms with E-state index in [1.165, 1.54) is 17.5 Å². The molecular formula is C16H16N4O3S2. The van der Waals surface area contributed by atoms with Crippen molar-refractivity contribution in [1.29, 1.82) is 0 Å². The van der Waals surface area contributed by atoms with Gasteiger partial charge in [0.25, 0.3) is 0 Å². The fourth-order valence-electron chi connectivity index (χ4n) is 2.38. The summed E-state index contributed by atoms with van der Waals surface area (Å²) in [5.41, 5.74) is 0.795. The van der Waals surface area contributed by atoms with Crippen LogP contribution in [0.1, 0.15) is 10.6 Å². The van der Waals surface area contributed by atoms with Crippen LogP contribution in [0.2, 0.25) is 0 Å². The number of fused-ring (bicyclic) bond motifs is 1. The number of imidazole rings is 1. The van der Waals surface area contributed by atoms with Crippen molar-refractivity contribution in [3.8, 4) is 0 Å². The van der Waals surface area contributed by atoms with E-state index in [-0.39, 0.29) is 10.7 Å². The van der Waals surface area contributed by atoms with Crippen LogP contribution in [0.5, 0.6) is 0 Å². The smallest absolute Gasteiger partial charge is 0.315 e. The molecular weight excluding hydrogens is 360 g/mol. The lowest BCUT2D eigenvalue weighted by molar-refractivity contribution is 0.0985. The van der Waals surface area contributed by atoms with Crippen LogP contribution >= 0.6 is 11.3 Å². The molecule has 0 bridgehead atoms. The van der Waals surface area contributed by atoms with E-state index in [1.54, 1.807) is 42.1 Å². The number of nitrogens with zero attached hydrogens (tertiary/aromatic N) is 4. The first-order valence-corrected chi connectivity index (χ1v) is 10.0. The highest BCUT2D eigenvalue weighted by atomic mass is 32.2. The minimum atomic E-state index is -3.31. The largest absolute Gasteiger partial charge is 0.330 e. The zero-order valence-corrected chi connectivity index (χ0v) is 15.3. The van der Waals surface area contributed by atoms with Crippen LogP contribution in [-0.2, 0) is 23.4 Å². The maximum atomic E-state index is 12.4. The molecule has 7 nitrogen and oxygen atoms in total. The van der Waals surface area contributed by atoms with Crippen LogP contribution < -0.4 is 4.80 Å². The number of aryl methyl sites for hydroxylation is 1. The van der Waals surface area contributed by atoms with Gasteiger partial charge in [-0.05, 0) is 18.2 Å². The van der Waals surface area contributed by atoms with Gasteiger partial charge >= 0.3 is 5.91 Å². The van der Waals surface area contributed by atoms with E-state index in [4.69, 9.17) is 0 Å². The molecule has 3 aromatic rings. The zero-order valence-electron chi connectivity index (χ0n) is 13.7. The molecule has 0 saturated carbocycles. The second-order valence-electron chi connectivity index (χ2n) is 5.46. The van der Waals surface area contributed by atoms with Gasteiger partial charge in [0, 0.05) is 32.2 Å². The first kappa shape index (κ1) is 17.3. The van der Waals surface area contributed by atoms with Crippen LogP contribution in [0, 0.1) is 0 Å². The van der Waals surface area contributed by atoms with E-state index >= 15 is 0 Å². The molecule has 0 saturated heterocycles. The number of aromatic nitrogens is 3.